The number of nitrogens with zero attached hydrogens (tertiary/aromatic N) is 6. The van der Waals surface area contributed by atoms with Crippen molar-refractivity contribution in [1.29, 1.82) is 0 Å². The molecule has 0 unspecified atom stereocenters. The van der Waals surface area contributed by atoms with Crippen molar-refractivity contribution in [2.75, 3.05) is 23.8 Å². The van der Waals surface area contributed by atoms with Crippen LogP contribution in [0.2, 0.25) is 0 Å². The molecule has 0 atom stereocenters. The average molecular weight is 529 g/mol. The van der Waals surface area contributed by atoms with Crippen LogP contribution in [0.4, 0.5) is 25.1 Å². The number of ether oxygens (including phenoxy) is 1. The van der Waals surface area contributed by atoms with Gasteiger partial charge in [0, 0.05) is 19.7 Å². The summed E-state index contributed by atoms with van der Waals surface area (Å²) in [6.07, 6.45) is -3.19. The first-order chi connectivity index (χ1) is 15.4. The van der Waals surface area contributed by atoms with Crippen LogP contribution in [0.3, 0.4) is 0 Å². The Labute approximate surface area is 193 Å². The van der Waals surface area contributed by atoms with E-state index in [4.69, 9.17) is 0 Å². The number of benzene rings is 1. The fourth-order valence-electron chi connectivity index (χ4n) is 3.26. The van der Waals surface area contributed by atoms with Gasteiger partial charge in [0.05, 0.1) is 33.8 Å². The first-order valence-electron chi connectivity index (χ1n) is 9.71. The molecule has 3 heterocycles. The topological polar surface area (TPSA) is 116 Å². The van der Waals surface area contributed by atoms with E-state index in [1.54, 1.807) is 32.0 Å². The van der Waals surface area contributed by atoms with E-state index in [-0.39, 0.29) is 12.3 Å². The van der Waals surface area contributed by atoms with Crippen molar-refractivity contribution in [3.05, 3.63) is 34.7 Å². The maximum absolute atomic E-state index is 12.5. The Balaban J connectivity index is 1.59. The van der Waals surface area contributed by atoms with E-state index in [0.717, 1.165) is 0 Å². The van der Waals surface area contributed by atoms with Gasteiger partial charge in [0.15, 0.2) is 5.65 Å². The average Bonchev–Trinajstić information content (AvgIpc) is 3.26. The van der Waals surface area contributed by atoms with Crippen LogP contribution < -0.4 is 15.0 Å². The molecule has 4 rings (SSSR count). The van der Waals surface area contributed by atoms with Crippen LogP contribution in [0.5, 0.6) is 5.75 Å². The van der Waals surface area contributed by atoms with Crippen LogP contribution >= 0.6 is 15.9 Å². The smallest absolute Gasteiger partial charge is 0.406 e. The molecule has 3 N–H and O–H groups in total. The predicted octanol–water partition coefficient (Wildman–Crippen LogP) is 3.48. The molecule has 10 nitrogen and oxygen atoms in total. The Morgan fingerprint density at radius 2 is 2.00 bits per heavy atom. The number of likely N-dealkylation sites (N-methyl/N-ethyl adjacent to an activating group) is 1. The molecule has 0 aliphatic carbocycles. The molecular weight excluding hydrogens is 509 g/mol. The predicted molar refractivity (Wildman–Crippen MR) is 118 cm³/mol. The largest absolute Gasteiger partial charge is 0.573 e. The van der Waals surface area contributed by atoms with Gasteiger partial charge in [0.2, 0.25) is 11.9 Å². The third kappa shape index (κ3) is 5.45. The van der Waals surface area contributed by atoms with Crippen LogP contribution in [-0.4, -0.2) is 60.2 Å². The number of aromatic nitrogens is 6. The molecule has 0 fully saturated rings. The van der Waals surface area contributed by atoms with Gasteiger partial charge in [-0.25, -0.2) is 4.98 Å². The molecule has 0 amide bonds. The normalized spacial score (nSPS) is 12.5. The molecule has 0 aliphatic rings. The van der Waals surface area contributed by atoms with Crippen LogP contribution in [0.25, 0.3) is 16.7 Å². The molecule has 1 aromatic carbocycles. The van der Waals surface area contributed by atoms with Crippen LogP contribution in [0.15, 0.2) is 28.9 Å². The lowest BCUT2D eigenvalue weighted by Crippen LogP contribution is -2.37. The number of hydrogen-bond acceptors (Lipinski definition) is 8. The third-order valence-electron chi connectivity index (χ3n) is 4.43. The number of fused-ring (bicyclic) bond motifs is 2. The number of halogens is 4. The van der Waals surface area contributed by atoms with Crippen molar-refractivity contribution >= 4 is 44.5 Å². The highest BCUT2D eigenvalue weighted by Gasteiger charge is 2.31. The van der Waals surface area contributed by atoms with Gasteiger partial charge >= 0.3 is 6.36 Å². The first-order valence-corrected chi connectivity index (χ1v) is 10.5. The van der Waals surface area contributed by atoms with Gasteiger partial charge in [-0.2, -0.15) is 19.6 Å². The Morgan fingerprint density at radius 3 is 2.70 bits per heavy atom. The van der Waals surface area contributed by atoms with Crippen molar-refractivity contribution in [3.63, 3.8) is 0 Å². The van der Waals surface area contributed by atoms with Crippen LogP contribution in [0, 0.1) is 0 Å². The molecule has 14 heteroatoms. The van der Waals surface area contributed by atoms with E-state index in [9.17, 15) is 18.3 Å². The zero-order chi connectivity index (χ0) is 24.0. The number of nitrogens with one attached hydrogen (secondary N) is 2. The molecule has 0 saturated carbocycles. The standard InChI is InChI=1S/C19H20BrF3N8O2/c1-18(2,32)9-30(3)17-28-15-11(20)7-25-31(15)16(29-17)24-8-14-26-12-5-4-10(6-13(12)27-14)33-19(21,22)23/h4-7,32H,8-9H2,1-3H3,(H,26,27)(H,24,28,29). The molecule has 176 valence electrons. The number of aromatic amines is 1. The first kappa shape index (κ1) is 23.0. The molecule has 0 aliphatic heterocycles. The molecular formula is C19H20BrF3N8O2. The van der Waals surface area contributed by atoms with Crippen LogP contribution in [0.1, 0.15) is 19.7 Å². The van der Waals surface area contributed by atoms with E-state index in [0.29, 0.717) is 45.4 Å². The van der Waals surface area contributed by atoms with Crippen molar-refractivity contribution in [2.24, 2.45) is 0 Å². The fraction of sp³-hybridized carbons (Fsp3) is 0.368. The maximum atomic E-state index is 12.5. The Morgan fingerprint density at radius 1 is 1.24 bits per heavy atom. The minimum Gasteiger partial charge on any atom is -0.406 e. The summed E-state index contributed by atoms with van der Waals surface area (Å²) in [6.45, 7) is 3.84. The van der Waals surface area contributed by atoms with Gasteiger partial charge in [0.25, 0.3) is 0 Å². The number of alkyl halides is 3. The lowest BCUT2D eigenvalue weighted by atomic mass is 10.1. The molecule has 0 saturated heterocycles. The molecule has 3 aromatic heterocycles. The SMILES string of the molecule is CN(CC(C)(C)O)c1nc(NCc2nc3ccc(OC(F)(F)F)cc3[nH]2)n2ncc(Br)c2n1. The highest BCUT2D eigenvalue weighted by Crippen LogP contribution is 2.26. The van der Waals surface area contributed by atoms with E-state index in [1.165, 1.54) is 22.7 Å². The minimum atomic E-state index is -4.77. The molecule has 0 radical (unpaired) electrons. The summed E-state index contributed by atoms with van der Waals surface area (Å²) in [5.74, 6) is 0.867. The summed E-state index contributed by atoms with van der Waals surface area (Å²) in [5, 5.41) is 17.5. The highest BCUT2D eigenvalue weighted by molar-refractivity contribution is 9.10. The Kier molecular flexibility index (Phi) is 5.82. The second-order valence-electron chi connectivity index (χ2n) is 8.01. The van der Waals surface area contributed by atoms with Gasteiger partial charge in [-0.05, 0) is 41.9 Å². The lowest BCUT2D eigenvalue weighted by Gasteiger charge is -2.25. The number of rotatable bonds is 7. The summed E-state index contributed by atoms with van der Waals surface area (Å²) in [5.41, 5.74) is 0.442. The van der Waals surface area contributed by atoms with Crippen molar-refractivity contribution < 1.29 is 23.0 Å². The van der Waals surface area contributed by atoms with Gasteiger partial charge in [-0.1, -0.05) is 0 Å². The van der Waals surface area contributed by atoms with Gasteiger partial charge in [0.1, 0.15) is 11.6 Å². The maximum Gasteiger partial charge on any atom is 0.573 e. The van der Waals surface area contributed by atoms with E-state index < -0.39 is 12.0 Å². The zero-order valence-electron chi connectivity index (χ0n) is 17.8. The van der Waals surface area contributed by atoms with E-state index in [2.05, 4.69) is 51.0 Å². The van der Waals surface area contributed by atoms with Gasteiger partial charge in [-0.15, -0.1) is 13.2 Å². The number of imidazole rings is 1. The Bertz CT molecular complexity index is 1300. The summed E-state index contributed by atoms with van der Waals surface area (Å²) < 4.78 is 43.5. The number of hydrogen-bond donors (Lipinski definition) is 3. The Hall–Kier alpha value is -3.13. The van der Waals surface area contributed by atoms with Crippen molar-refractivity contribution in [1.82, 2.24) is 29.5 Å². The van der Waals surface area contributed by atoms with Crippen molar-refractivity contribution in [2.45, 2.75) is 32.4 Å². The zero-order valence-corrected chi connectivity index (χ0v) is 19.4. The second-order valence-corrected chi connectivity index (χ2v) is 8.86. The third-order valence-corrected chi connectivity index (χ3v) is 4.99. The fourth-order valence-corrected chi connectivity index (χ4v) is 3.61. The van der Waals surface area contributed by atoms with E-state index >= 15 is 0 Å². The number of H-pyrrole nitrogens is 1. The summed E-state index contributed by atoms with van der Waals surface area (Å²) in [6, 6.07) is 3.87. The lowest BCUT2D eigenvalue weighted by molar-refractivity contribution is -0.274. The molecule has 0 spiro atoms. The molecule has 33 heavy (non-hydrogen) atoms. The van der Waals surface area contributed by atoms with Crippen molar-refractivity contribution in [3.8, 4) is 5.75 Å². The monoisotopic (exact) mass is 528 g/mol. The van der Waals surface area contributed by atoms with Gasteiger partial charge < -0.3 is 25.0 Å². The van der Waals surface area contributed by atoms with Crippen LogP contribution in [-0.2, 0) is 6.54 Å². The van der Waals surface area contributed by atoms with E-state index in [1.807, 2.05) is 0 Å². The molecule has 0 bridgehead atoms. The highest BCUT2D eigenvalue weighted by atomic mass is 79.9. The summed E-state index contributed by atoms with van der Waals surface area (Å²) in [7, 11) is 1.76. The number of aliphatic hydroxyl groups is 1. The number of anilines is 2. The minimum absolute atomic E-state index is 0.183. The molecule has 4 aromatic rings. The quantitative estimate of drug-likeness (QED) is 0.333. The summed E-state index contributed by atoms with van der Waals surface area (Å²) >= 11 is 3.41. The van der Waals surface area contributed by atoms with Gasteiger partial charge in [-0.3, -0.25) is 0 Å². The second kappa shape index (κ2) is 8.33. The summed E-state index contributed by atoms with van der Waals surface area (Å²) in [4.78, 5) is 18.1.